The third kappa shape index (κ3) is 4.95. The zero-order valence-electron chi connectivity index (χ0n) is 15.2. The molecule has 2 N–H and O–H groups in total. The predicted molar refractivity (Wildman–Crippen MR) is 103 cm³/mol. The molecule has 0 saturated carbocycles. The lowest BCUT2D eigenvalue weighted by Gasteiger charge is -2.15. The van der Waals surface area contributed by atoms with Crippen molar-refractivity contribution in [2.45, 2.75) is 51.1 Å². The molecule has 134 valence electrons. The lowest BCUT2D eigenvalue weighted by Crippen LogP contribution is -2.20. The van der Waals surface area contributed by atoms with Gasteiger partial charge >= 0.3 is 0 Å². The third-order valence-electron chi connectivity index (χ3n) is 4.37. The molecule has 0 bridgehead atoms. The number of aromatic nitrogens is 2. The van der Waals surface area contributed by atoms with Gasteiger partial charge in [0.15, 0.2) is 5.16 Å². The molecule has 6 heteroatoms. The van der Waals surface area contributed by atoms with Crippen molar-refractivity contribution < 1.29 is 4.79 Å². The van der Waals surface area contributed by atoms with Crippen molar-refractivity contribution in [3.63, 3.8) is 0 Å². The van der Waals surface area contributed by atoms with Crippen LogP contribution in [0.5, 0.6) is 0 Å². The van der Waals surface area contributed by atoms with Crippen LogP contribution in [0, 0.1) is 6.92 Å². The maximum absolute atomic E-state index is 12.3. The number of nitrogens with one attached hydrogen (secondary N) is 2. The van der Waals surface area contributed by atoms with Gasteiger partial charge in [-0.25, -0.2) is 4.98 Å². The van der Waals surface area contributed by atoms with Gasteiger partial charge < -0.3 is 10.3 Å². The van der Waals surface area contributed by atoms with Gasteiger partial charge in [-0.2, -0.15) is 0 Å². The van der Waals surface area contributed by atoms with Crippen LogP contribution in [-0.4, -0.2) is 22.1 Å². The van der Waals surface area contributed by atoms with Crippen LogP contribution in [-0.2, 0) is 11.2 Å². The number of carbonyl (C=O) groups is 1. The first-order valence-corrected chi connectivity index (χ1v) is 9.71. The molecule has 0 radical (unpaired) electrons. The van der Waals surface area contributed by atoms with Crippen molar-refractivity contribution >= 4 is 23.4 Å². The molecule has 1 heterocycles. The SMILES string of the molecule is CC[C@@H](C)c1ccccc1NC(=O)CCc1c(C)nc(SC)[nH]c1=O. The highest BCUT2D eigenvalue weighted by Crippen LogP contribution is 2.26. The number of amides is 1. The van der Waals surface area contributed by atoms with Gasteiger partial charge in [-0.05, 0) is 43.6 Å². The van der Waals surface area contributed by atoms with Gasteiger partial charge in [0.1, 0.15) is 0 Å². The van der Waals surface area contributed by atoms with E-state index < -0.39 is 0 Å². The van der Waals surface area contributed by atoms with Gasteiger partial charge in [0.05, 0.1) is 0 Å². The minimum Gasteiger partial charge on any atom is -0.326 e. The van der Waals surface area contributed by atoms with Crippen LogP contribution in [0.1, 0.15) is 49.4 Å². The van der Waals surface area contributed by atoms with E-state index in [2.05, 4.69) is 29.1 Å². The fourth-order valence-electron chi connectivity index (χ4n) is 2.69. The number of anilines is 1. The average Bonchev–Trinajstić information content (AvgIpc) is 2.60. The van der Waals surface area contributed by atoms with Crippen molar-refractivity contribution in [1.82, 2.24) is 9.97 Å². The second-order valence-electron chi connectivity index (χ2n) is 6.08. The van der Waals surface area contributed by atoms with Crippen molar-refractivity contribution in [3.05, 3.63) is 51.4 Å². The molecule has 0 unspecified atom stereocenters. The fourth-order valence-corrected chi connectivity index (χ4v) is 3.11. The molecule has 0 aliphatic heterocycles. The van der Waals surface area contributed by atoms with E-state index in [0.29, 0.717) is 28.8 Å². The third-order valence-corrected chi connectivity index (χ3v) is 4.95. The second-order valence-corrected chi connectivity index (χ2v) is 6.88. The largest absolute Gasteiger partial charge is 0.326 e. The zero-order chi connectivity index (χ0) is 18.4. The summed E-state index contributed by atoms with van der Waals surface area (Å²) in [5.41, 5.74) is 3.08. The molecule has 0 aliphatic carbocycles. The molecule has 25 heavy (non-hydrogen) atoms. The number of H-pyrrole nitrogens is 1. The monoisotopic (exact) mass is 359 g/mol. The zero-order valence-corrected chi connectivity index (χ0v) is 16.0. The van der Waals surface area contributed by atoms with Gasteiger partial charge in [0, 0.05) is 23.4 Å². The van der Waals surface area contributed by atoms with Crippen LogP contribution in [0.3, 0.4) is 0 Å². The first-order valence-electron chi connectivity index (χ1n) is 8.48. The highest BCUT2D eigenvalue weighted by molar-refractivity contribution is 7.98. The number of aromatic amines is 1. The van der Waals surface area contributed by atoms with Crippen LogP contribution in [0.4, 0.5) is 5.69 Å². The van der Waals surface area contributed by atoms with Crippen molar-refractivity contribution in [2.24, 2.45) is 0 Å². The number of para-hydroxylation sites is 1. The summed E-state index contributed by atoms with van der Waals surface area (Å²) >= 11 is 1.39. The van der Waals surface area contributed by atoms with E-state index >= 15 is 0 Å². The number of rotatable bonds is 7. The average molecular weight is 359 g/mol. The number of benzene rings is 1. The summed E-state index contributed by atoms with van der Waals surface area (Å²) in [5.74, 6) is 0.286. The molecule has 1 amide bonds. The Labute approximate surface area is 152 Å². The van der Waals surface area contributed by atoms with Crippen molar-refractivity contribution in [3.8, 4) is 0 Å². The summed E-state index contributed by atoms with van der Waals surface area (Å²) in [4.78, 5) is 31.6. The van der Waals surface area contributed by atoms with Gasteiger partial charge in [0.25, 0.3) is 5.56 Å². The normalized spacial score (nSPS) is 12.0. The predicted octanol–water partition coefficient (Wildman–Crippen LogP) is 3.89. The molecule has 0 saturated heterocycles. The number of carbonyl (C=O) groups excluding carboxylic acids is 1. The first kappa shape index (κ1) is 19.2. The number of hydrogen-bond acceptors (Lipinski definition) is 4. The molecule has 1 aromatic heterocycles. The van der Waals surface area contributed by atoms with Crippen LogP contribution in [0.2, 0.25) is 0 Å². The van der Waals surface area contributed by atoms with Crippen LogP contribution in [0.25, 0.3) is 0 Å². The van der Waals surface area contributed by atoms with E-state index in [1.165, 1.54) is 11.8 Å². The number of thioether (sulfide) groups is 1. The summed E-state index contributed by atoms with van der Waals surface area (Å²) in [6.45, 7) is 6.08. The smallest absolute Gasteiger partial charge is 0.254 e. The van der Waals surface area contributed by atoms with Gasteiger partial charge in [0.2, 0.25) is 5.91 Å². The van der Waals surface area contributed by atoms with Gasteiger partial charge in [-0.1, -0.05) is 43.8 Å². The molecule has 5 nitrogen and oxygen atoms in total. The minimum atomic E-state index is -0.162. The topological polar surface area (TPSA) is 74.8 Å². The summed E-state index contributed by atoms with van der Waals surface area (Å²) in [7, 11) is 0. The van der Waals surface area contributed by atoms with Crippen molar-refractivity contribution in [1.29, 1.82) is 0 Å². The summed E-state index contributed by atoms with van der Waals surface area (Å²) in [6, 6.07) is 7.87. The van der Waals surface area contributed by atoms with E-state index in [9.17, 15) is 9.59 Å². The molecular weight excluding hydrogens is 334 g/mol. The molecule has 1 aromatic carbocycles. The number of aryl methyl sites for hydroxylation is 1. The van der Waals surface area contributed by atoms with E-state index in [0.717, 1.165) is 17.7 Å². The lowest BCUT2D eigenvalue weighted by atomic mass is 9.97. The van der Waals surface area contributed by atoms with Gasteiger partial charge in [-0.15, -0.1) is 0 Å². The van der Waals surface area contributed by atoms with E-state index in [1.54, 1.807) is 6.92 Å². The molecule has 1 atom stereocenters. The fraction of sp³-hybridized carbons (Fsp3) is 0.421. The Hall–Kier alpha value is -2.08. The van der Waals surface area contributed by atoms with Crippen LogP contribution < -0.4 is 10.9 Å². The highest BCUT2D eigenvalue weighted by atomic mass is 32.2. The summed E-state index contributed by atoms with van der Waals surface area (Å²) in [6.07, 6.45) is 3.49. The van der Waals surface area contributed by atoms with E-state index in [-0.39, 0.29) is 17.9 Å². The Morgan fingerprint density at radius 2 is 2.08 bits per heavy atom. The second kappa shape index (κ2) is 8.85. The van der Waals surface area contributed by atoms with Gasteiger partial charge in [-0.3, -0.25) is 9.59 Å². The Bertz CT molecular complexity index is 801. The molecule has 2 aromatic rings. The maximum Gasteiger partial charge on any atom is 0.254 e. The van der Waals surface area contributed by atoms with Crippen LogP contribution >= 0.6 is 11.8 Å². The van der Waals surface area contributed by atoms with Crippen LogP contribution in [0.15, 0.2) is 34.2 Å². The standard InChI is InChI=1S/C19H25N3O2S/c1-5-12(2)14-8-6-7-9-16(14)21-17(23)11-10-15-13(3)20-19(25-4)22-18(15)24/h6-9,12H,5,10-11H2,1-4H3,(H,21,23)(H,20,22,24)/t12-/m1/s1. The van der Waals surface area contributed by atoms with Crippen molar-refractivity contribution in [2.75, 3.05) is 11.6 Å². The first-order chi connectivity index (χ1) is 12.0. The Morgan fingerprint density at radius 3 is 2.72 bits per heavy atom. The Balaban J connectivity index is 2.07. The molecular formula is C19H25N3O2S. The molecule has 2 rings (SSSR count). The quantitative estimate of drug-likeness (QED) is 0.581. The van der Waals surface area contributed by atoms with E-state index in [1.807, 2.05) is 30.5 Å². The molecule has 0 spiro atoms. The highest BCUT2D eigenvalue weighted by Gasteiger charge is 2.13. The Kier molecular flexibility index (Phi) is 6.82. The lowest BCUT2D eigenvalue weighted by molar-refractivity contribution is -0.116. The minimum absolute atomic E-state index is 0.0940. The number of hydrogen-bond donors (Lipinski definition) is 2. The molecule has 0 aliphatic rings. The Morgan fingerprint density at radius 1 is 1.36 bits per heavy atom. The van der Waals surface area contributed by atoms with E-state index in [4.69, 9.17) is 0 Å². The maximum atomic E-state index is 12.3. The molecule has 0 fully saturated rings. The number of nitrogens with zero attached hydrogens (tertiary/aromatic N) is 1. The summed E-state index contributed by atoms with van der Waals surface area (Å²) in [5, 5.41) is 3.58. The summed E-state index contributed by atoms with van der Waals surface area (Å²) < 4.78 is 0.